The summed E-state index contributed by atoms with van der Waals surface area (Å²) >= 11 is 1.54. The molecule has 2 aliphatic heterocycles. The Morgan fingerprint density at radius 2 is 1.65 bits per heavy atom. The lowest BCUT2D eigenvalue weighted by atomic mass is 10.0. The Morgan fingerprint density at radius 3 is 2.39 bits per heavy atom. The lowest BCUT2D eigenvalue weighted by Crippen LogP contribution is -2.56. The molecule has 3 aromatic rings. The molecule has 2 heterocycles. The summed E-state index contributed by atoms with van der Waals surface area (Å²) in [5.74, 6) is 1.18. The van der Waals surface area contributed by atoms with E-state index in [0.717, 1.165) is 16.8 Å². The van der Waals surface area contributed by atoms with Gasteiger partial charge < -0.3 is 9.64 Å². The topological polar surface area (TPSA) is 49.9 Å². The number of para-hydroxylation sites is 1. The van der Waals surface area contributed by atoms with Gasteiger partial charge in [0, 0.05) is 23.4 Å². The van der Waals surface area contributed by atoms with Crippen LogP contribution in [0.4, 0.5) is 11.4 Å². The number of methoxy groups -OCH3 is 1. The zero-order chi connectivity index (χ0) is 21.4. The van der Waals surface area contributed by atoms with Crippen molar-refractivity contribution in [3.63, 3.8) is 0 Å². The van der Waals surface area contributed by atoms with E-state index in [9.17, 15) is 9.59 Å². The quantitative estimate of drug-likeness (QED) is 0.609. The van der Waals surface area contributed by atoms with E-state index in [0.29, 0.717) is 30.2 Å². The van der Waals surface area contributed by atoms with Crippen molar-refractivity contribution in [3.05, 3.63) is 90.0 Å². The minimum absolute atomic E-state index is 0.0476. The third-order valence-electron chi connectivity index (χ3n) is 5.80. The second kappa shape index (κ2) is 7.78. The van der Waals surface area contributed by atoms with Gasteiger partial charge in [-0.05, 0) is 35.9 Å². The highest BCUT2D eigenvalue weighted by atomic mass is 32.2. The summed E-state index contributed by atoms with van der Waals surface area (Å²) in [6.45, 7) is 0.462. The summed E-state index contributed by atoms with van der Waals surface area (Å²) < 4.78 is 5.28. The standard InChI is InChI=1S/C25H22N2O3S/c1-30-20-13-11-19(12-14-20)27-23(28)15-16-31-25(27)21-9-5-6-10-22(21)26(24(25)29)17-18-7-3-2-4-8-18/h2-14H,15-17H2,1H3. The van der Waals surface area contributed by atoms with Gasteiger partial charge in [0.1, 0.15) is 5.75 Å². The van der Waals surface area contributed by atoms with E-state index in [4.69, 9.17) is 4.74 Å². The van der Waals surface area contributed by atoms with Crippen LogP contribution in [0.2, 0.25) is 0 Å². The van der Waals surface area contributed by atoms with Crippen molar-refractivity contribution in [2.75, 3.05) is 22.7 Å². The smallest absolute Gasteiger partial charge is 0.269 e. The second-order valence-electron chi connectivity index (χ2n) is 7.56. The van der Waals surface area contributed by atoms with Crippen LogP contribution >= 0.6 is 11.8 Å². The number of hydrogen-bond donors (Lipinski definition) is 0. The normalized spacial score (nSPS) is 20.3. The molecule has 1 atom stereocenters. The molecular formula is C25H22N2O3S. The molecule has 0 N–H and O–H groups in total. The van der Waals surface area contributed by atoms with Crippen molar-refractivity contribution in [1.82, 2.24) is 0 Å². The molecular weight excluding hydrogens is 408 g/mol. The lowest BCUT2D eigenvalue weighted by molar-refractivity contribution is -0.125. The molecule has 2 aliphatic rings. The molecule has 0 bridgehead atoms. The third-order valence-corrected chi connectivity index (χ3v) is 7.20. The highest BCUT2D eigenvalue weighted by Gasteiger charge is 2.58. The molecule has 5 nitrogen and oxygen atoms in total. The van der Waals surface area contributed by atoms with Gasteiger partial charge in [0.25, 0.3) is 5.91 Å². The maximum absolute atomic E-state index is 14.1. The van der Waals surface area contributed by atoms with E-state index >= 15 is 0 Å². The van der Waals surface area contributed by atoms with Crippen molar-refractivity contribution < 1.29 is 14.3 Å². The minimum atomic E-state index is -1.10. The highest BCUT2D eigenvalue weighted by Crippen LogP contribution is 2.54. The maximum Gasteiger partial charge on any atom is 0.269 e. The first kappa shape index (κ1) is 19.7. The molecule has 5 rings (SSSR count). The first-order valence-electron chi connectivity index (χ1n) is 10.2. The number of fused-ring (bicyclic) bond motifs is 2. The van der Waals surface area contributed by atoms with E-state index in [-0.39, 0.29) is 11.8 Å². The van der Waals surface area contributed by atoms with Gasteiger partial charge in [0.15, 0.2) is 0 Å². The van der Waals surface area contributed by atoms with E-state index in [1.165, 1.54) is 11.8 Å². The Hall–Kier alpha value is -3.25. The molecule has 1 saturated heterocycles. The fourth-order valence-electron chi connectivity index (χ4n) is 4.38. The summed E-state index contributed by atoms with van der Waals surface area (Å²) in [5.41, 5.74) is 3.47. The Labute approximate surface area is 185 Å². The van der Waals surface area contributed by atoms with Crippen LogP contribution in [0.1, 0.15) is 17.5 Å². The zero-order valence-corrected chi connectivity index (χ0v) is 18.0. The predicted molar refractivity (Wildman–Crippen MR) is 123 cm³/mol. The van der Waals surface area contributed by atoms with Crippen LogP contribution < -0.4 is 14.5 Å². The number of rotatable bonds is 4. The van der Waals surface area contributed by atoms with Gasteiger partial charge in [-0.15, -0.1) is 11.8 Å². The minimum Gasteiger partial charge on any atom is -0.497 e. The van der Waals surface area contributed by atoms with E-state index in [1.54, 1.807) is 12.0 Å². The Bertz CT molecular complexity index is 1130. The Balaban J connectivity index is 1.64. The number of anilines is 2. The number of carbonyl (C=O) groups is 2. The average Bonchev–Trinajstić information content (AvgIpc) is 3.03. The number of hydrogen-bond acceptors (Lipinski definition) is 4. The number of amides is 2. The van der Waals surface area contributed by atoms with E-state index in [2.05, 4.69) is 0 Å². The van der Waals surface area contributed by atoms with Gasteiger partial charge in [0.2, 0.25) is 10.8 Å². The van der Waals surface area contributed by atoms with E-state index < -0.39 is 4.87 Å². The number of ether oxygens (including phenoxy) is 1. The number of carbonyl (C=O) groups excluding carboxylic acids is 2. The van der Waals surface area contributed by atoms with Crippen LogP contribution in [0.5, 0.6) is 5.75 Å². The van der Waals surface area contributed by atoms with E-state index in [1.807, 2.05) is 83.8 Å². The molecule has 2 amide bonds. The largest absolute Gasteiger partial charge is 0.497 e. The summed E-state index contributed by atoms with van der Waals surface area (Å²) in [5, 5.41) is 0. The average molecular weight is 431 g/mol. The van der Waals surface area contributed by atoms with Crippen LogP contribution in [-0.4, -0.2) is 24.7 Å². The molecule has 6 heteroatoms. The molecule has 0 radical (unpaired) electrons. The van der Waals surface area contributed by atoms with Crippen LogP contribution in [0, 0.1) is 0 Å². The van der Waals surface area contributed by atoms with Crippen LogP contribution in [0.3, 0.4) is 0 Å². The fraction of sp³-hybridized carbons (Fsp3) is 0.200. The third kappa shape index (κ3) is 3.10. The first-order chi connectivity index (χ1) is 15.1. The van der Waals surface area contributed by atoms with Crippen LogP contribution in [0.15, 0.2) is 78.9 Å². The molecule has 1 spiro atoms. The summed E-state index contributed by atoms with van der Waals surface area (Å²) in [7, 11) is 1.61. The van der Waals surface area contributed by atoms with Crippen LogP contribution in [0.25, 0.3) is 0 Å². The van der Waals surface area contributed by atoms with Gasteiger partial charge in [0.05, 0.1) is 19.3 Å². The Kier molecular flexibility index (Phi) is 4.94. The first-order valence-corrected chi connectivity index (χ1v) is 11.2. The molecule has 0 aliphatic carbocycles. The number of benzene rings is 3. The van der Waals surface area contributed by atoms with Crippen molar-refractivity contribution >= 4 is 35.0 Å². The molecule has 0 saturated carbocycles. The molecule has 1 unspecified atom stereocenters. The number of thioether (sulfide) groups is 1. The summed E-state index contributed by atoms with van der Waals surface area (Å²) in [6.07, 6.45) is 0.395. The molecule has 156 valence electrons. The molecule has 31 heavy (non-hydrogen) atoms. The highest BCUT2D eigenvalue weighted by molar-refractivity contribution is 8.01. The van der Waals surface area contributed by atoms with Crippen molar-refractivity contribution in [2.45, 2.75) is 17.8 Å². The van der Waals surface area contributed by atoms with Gasteiger partial charge in [-0.3, -0.25) is 14.5 Å². The zero-order valence-electron chi connectivity index (χ0n) is 17.2. The van der Waals surface area contributed by atoms with Crippen molar-refractivity contribution in [3.8, 4) is 5.75 Å². The maximum atomic E-state index is 14.1. The Morgan fingerprint density at radius 1 is 0.935 bits per heavy atom. The summed E-state index contributed by atoms with van der Waals surface area (Å²) in [4.78, 5) is 29.7. The van der Waals surface area contributed by atoms with Crippen molar-refractivity contribution in [2.24, 2.45) is 0 Å². The van der Waals surface area contributed by atoms with Gasteiger partial charge in [-0.25, -0.2) is 0 Å². The predicted octanol–water partition coefficient (Wildman–Crippen LogP) is 4.56. The summed E-state index contributed by atoms with van der Waals surface area (Å²) in [6, 6.07) is 25.1. The monoisotopic (exact) mass is 430 g/mol. The molecule has 0 aromatic heterocycles. The van der Waals surface area contributed by atoms with Crippen LogP contribution in [-0.2, 0) is 21.0 Å². The van der Waals surface area contributed by atoms with Gasteiger partial charge >= 0.3 is 0 Å². The SMILES string of the molecule is COc1ccc(N2C(=O)CCSC23C(=O)N(Cc2ccccc2)c2ccccc23)cc1. The fourth-order valence-corrected chi connectivity index (χ4v) is 5.85. The molecule has 3 aromatic carbocycles. The molecule has 1 fully saturated rings. The second-order valence-corrected chi connectivity index (χ2v) is 8.85. The van der Waals surface area contributed by atoms with Crippen molar-refractivity contribution in [1.29, 1.82) is 0 Å². The van der Waals surface area contributed by atoms with Gasteiger partial charge in [-0.2, -0.15) is 0 Å². The lowest BCUT2D eigenvalue weighted by Gasteiger charge is -2.42. The number of nitrogens with zero attached hydrogens (tertiary/aromatic N) is 2. The van der Waals surface area contributed by atoms with Gasteiger partial charge in [-0.1, -0.05) is 48.5 Å².